The van der Waals surface area contributed by atoms with Crippen LogP contribution in [0, 0.1) is 0 Å². The molecule has 0 bridgehead atoms. The summed E-state index contributed by atoms with van der Waals surface area (Å²) in [5.41, 5.74) is 2.14. The average molecular weight is 417 g/mol. The Bertz CT molecular complexity index is 810. The van der Waals surface area contributed by atoms with Gasteiger partial charge in [0.2, 0.25) is 0 Å². The highest BCUT2D eigenvalue weighted by molar-refractivity contribution is 5.73. The zero-order valence-electron chi connectivity index (χ0n) is 18.2. The number of ether oxygens (including phenoxy) is 4. The number of hydrogen-bond acceptors (Lipinski definition) is 5. The van der Waals surface area contributed by atoms with Crippen LogP contribution >= 0.6 is 0 Å². The molecule has 0 unspecified atom stereocenters. The summed E-state index contributed by atoms with van der Waals surface area (Å²) in [6, 6.07) is 11.4. The van der Waals surface area contributed by atoms with Crippen molar-refractivity contribution in [1.29, 1.82) is 0 Å². The number of nitrogens with one attached hydrogen (secondary N) is 2. The summed E-state index contributed by atoms with van der Waals surface area (Å²) in [6.07, 6.45) is 1.40. The second-order valence-corrected chi connectivity index (χ2v) is 6.52. The van der Waals surface area contributed by atoms with Gasteiger partial charge in [0.15, 0.2) is 23.0 Å². The first-order valence-corrected chi connectivity index (χ1v) is 10.2. The van der Waals surface area contributed by atoms with Gasteiger partial charge in [0.05, 0.1) is 27.4 Å². The summed E-state index contributed by atoms with van der Waals surface area (Å²) in [4.78, 5) is 12.0. The molecular weight excluding hydrogens is 384 g/mol. The van der Waals surface area contributed by atoms with Gasteiger partial charge < -0.3 is 29.6 Å². The van der Waals surface area contributed by atoms with Gasteiger partial charge in [-0.05, 0) is 62.1 Å². The van der Waals surface area contributed by atoms with Crippen molar-refractivity contribution in [2.75, 3.05) is 40.5 Å². The summed E-state index contributed by atoms with van der Waals surface area (Å²) < 4.78 is 21.8. The van der Waals surface area contributed by atoms with E-state index in [1.807, 2.05) is 50.2 Å². The zero-order valence-corrected chi connectivity index (χ0v) is 18.2. The fourth-order valence-electron chi connectivity index (χ4n) is 2.99. The second-order valence-electron chi connectivity index (χ2n) is 6.52. The second kappa shape index (κ2) is 12.5. The van der Waals surface area contributed by atoms with Crippen LogP contribution in [0.3, 0.4) is 0 Å². The molecule has 2 amide bonds. The van der Waals surface area contributed by atoms with E-state index >= 15 is 0 Å². The van der Waals surface area contributed by atoms with Crippen molar-refractivity contribution in [1.82, 2.24) is 10.6 Å². The van der Waals surface area contributed by atoms with E-state index in [0.29, 0.717) is 50.6 Å². The largest absolute Gasteiger partial charge is 0.493 e. The number of urea groups is 1. The molecule has 0 saturated carbocycles. The minimum atomic E-state index is -0.188. The first-order chi connectivity index (χ1) is 14.6. The molecule has 0 aliphatic heterocycles. The van der Waals surface area contributed by atoms with Crippen LogP contribution in [-0.2, 0) is 12.8 Å². The number of amides is 2. The molecule has 0 saturated heterocycles. The van der Waals surface area contributed by atoms with Gasteiger partial charge >= 0.3 is 6.03 Å². The fourth-order valence-corrected chi connectivity index (χ4v) is 2.99. The summed E-state index contributed by atoms with van der Waals surface area (Å²) in [5, 5.41) is 5.76. The molecule has 7 nitrogen and oxygen atoms in total. The molecular formula is C23H32N2O5. The highest BCUT2D eigenvalue weighted by Gasteiger charge is 2.08. The average Bonchev–Trinajstić information content (AvgIpc) is 2.75. The van der Waals surface area contributed by atoms with Crippen LogP contribution in [0.2, 0.25) is 0 Å². The molecule has 2 aromatic rings. The van der Waals surface area contributed by atoms with Gasteiger partial charge in [-0.25, -0.2) is 4.79 Å². The Hall–Kier alpha value is -3.09. The molecule has 0 aliphatic rings. The number of benzene rings is 2. The highest BCUT2D eigenvalue weighted by atomic mass is 16.5. The highest BCUT2D eigenvalue weighted by Crippen LogP contribution is 2.29. The normalized spacial score (nSPS) is 10.3. The monoisotopic (exact) mass is 416 g/mol. The summed E-state index contributed by atoms with van der Waals surface area (Å²) in [5.74, 6) is 2.84. The quantitative estimate of drug-likeness (QED) is 0.553. The van der Waals surface area contributed by atoms with E-state index in [1.165, 1.54) is 0 Å². The van der Waals surface area contributed by atoms with Crippen molar-refractivity contribution in [3.8, 4) is 23.0 Å². The molecule has 2 aromatic carbocycles. The Morgan fingerprint density at radius 1 is 0.733 bits per heavy atom. The SMILES string of the molecule is CCOc1ccc(CCNC(=O)NCCc2ccc(OC)c(OC)c2)cc1OCC. The molecule has 0 radical (unpaired) electrons. The maximum absolute atomic E-state index is 12.0. The van der Waals surface area contributed by atoms with Crippen molar-refractivity contribution >= 4 is 6.03 Å². The molecule has 2 rings (SSSR count). The van der Waals surface area contributed by atoms with Crippen molar-refractivity contribution in [2.45, 2.75) is 26.7 Å². The number of rotatable bonds is 12. The minimum Gasteiger partial charge on any atom is -0.493 e. The van der Waals surface area contributed by atoms with Crippen molar-refractivity contribution in [3.05, 3.63) is 47.5 Å². The van der Waals surface area contributed by atoms with E-state index in [-0.39, 0.29) is 6.03 Å². The lowest BCUT2D eigenvalue weighted by molar-refractivity contribution is 0.241. The molecule has 0 atom stereocenters. The van der Waals surface area contributed by atoms with Crippen LogP contribution in [-0.4, -0.2) is 46.6 Å². The molecule has 0 aromatic heterocycles. The number of carbonyl (C=O) groups excluding carboxylic acids is 1. The Morgan fingerprint density at radius 2 is 1.23 bits per heavy atom. The van der Waals surface area contributed by atoms with Crippen molar-refractivity contribution in [3.63, 3.8) is 0 Å². The molecule has 0 aliphatic carbocycles. The maximum Gasteiger partial charge on any atom is 0.314 e. The van der Waals surface area contributed by atoms with Crippen LogP contribution in [0.25, 0.3) is 0 Å². The van der Waals surface area contributed by atoms with Crippen LogP contribution in [0.4, 0.5) is 4.79 Å². The van der Waals surface area contributed by atoms with Gasteiger partial charge in [0, 0.05) is 13.1 Å². The van der Waals surface area contributed by atoms with E-state index in [1.54, 1.807) is 14.2 Å². The molecule has 0 fully saturated rings. The van der Waals surface area contributed by atoms with Crippen molar-refractivity contribution in [2.24, 2.45) is 0 Å². The van der Waals surface area contributed by atoms with Gasteiger partial charge in [0.1, 0.15) is 0 Å². The summed E-state index contributed by atoms with van der Waals surface area (Å²) in [6.45, 7) is 6.10. The Labute approximate surface area is 178 Å². The molecule has 164 valence electrons. The van der Waals surface area contributed by atoms with E-state index < -0.39 is 0 Å². The van der Waals surface area contributed by atoms with Gasteiger partial charge in [-0.1, -0.05) is 12.1 Å². The van der Waals surface area contributed by atoms with E-state index in [2.05, 4.69) is 10.6 Å². The number of hydrogen-bond donors (Lipinski definition) is 2. The molecule has 0 spiro atoms. The van der Waals surface area contributed by atoms with Crippen LogP contribution in [0.5, 0.6) is 23.0 Å². The topological polar surface area (TPSA) is 78.1 Å². The van der Waals surface area contributed by atoms with Gasteiger partial charge in [-0.3, -0.25) is 0 Å². The lowest BCUT2D eigenvalue weighted by Gasteiger charge is -2.13. The standard InChI is InChI=1S/C23H32N2O5/c1-5-29-20-10-8-18(16-22(20)30-6-2)12-14-25-23(26)24-13-11-17-7-9-19(27-3)21(15-17)28-4/h7-10,15-16H,5-6,11-14H2,1-4H3,(H2,24,25,26). The predicted molar refractivity (Wildman–Crippen MR) is 117 cm³/mol. The third kappa shape index (κ3) is 7.06. The molecule has 7 heteroatoms. The third-order valence-corrected chi connectivity index (χ3v) is 4.45. The predicted octanol–water partition coefficient (Wildman–Crippen LogP) is 3.59. The lowest BCUT2D eigenvalue weighted by Crippen LogP contribution is -2.37. The van der Waals surface area contributed by atoms with E-state index in [4.69, 9.17) is 18.9 Å². The zero-order chi connectivity index (χ0) is 21.8. The molecule has 0 heterocycles. The first kappa shape index (κ1) is 23.2. The third-order valence-electron chi connectivity index (χ3n) is 4.45. The Balaban J connectivity index is 1.75. The van der Waals surface area contributed by atoms with Crippen LogP contribution in [0.1, 0.15) is 25.0 Å². The summed E-state index contributed by atoms with van der Waals surface area (Å²) >= 11 is 0. The number of carbonyl (C=O) groups is 1. The summed E-state index contributed by atoms with van der Waals surface area (Å²) in [7, 11) is 3.21. The fraction of sp³-hybridized carbons (Fsp3) is 0.435. The number of methoxy groups -OCH3 is 2. The van der Waals surface area contributed by atoms with Gasteiger partial charge in [0.25, 0.3) is 0 Å². The smallest absolute Gasteiger partial charge is 0.314 e. The Kier molecular flexibility index (Phi) is 9.64. The molecule has 30 heavy (non-hydrogen) atoms. The van der Waals surface area contributed by atoms with Gasteiger partial charge in [-0.2, -0.15) is 0 Å². The first-order valence-electron chi connectivity index (χ1n) is 10.2. The van der Waals surface area contributed by atoms with Crippen LogP contribution < -0.4 is 29.6 Å². The maximum atomic E-state index is 12.0. The van der Waals surface area contributed by atoms with Crippen molar-refractivity contribution < 1.29 is 23.7 Å². The Morgan fingerprint density at radius 3 is 1.77 bits per heavy atom. The van der Waals surface area contributed by atoms with Crippen LogP contribution in [0.15, 0.2) is 36.4 Å². The lowest BCUT2D eigenvalue weighted by atomic mass is 10.1. The minimum absolute atomic E-state index is 0.188. The van der Waals surface area contributed by atoms with Gasteiger partial charge in [-0.15, -0.1) is 0 Å². The van der Waals surface area contributed by atoms with E-state index in [9.17, 15) is 4.79 Å². The molecule has 2 N–H and O–H groups in total. The van der Waals surface area contributed by atoms with E-state index in [0.717, 1.165) is 22.6 Å².